The van der Waals surface area contributed by atoms with E-state index in [1.165, 1.54) is 18.4 Å². The van der Waals surface area contributed by atoms with Gasteiger partial charge in [0.2, 0.25) is 0 Å². The molecule has 1 N–H and O–H groups in total. The Morgan fingerprint density at radius 1 is 1.42 bits per heavy atom. The number of sulfone groups is 1. The normalized spacial score (nSPS) is 12.2. The first-order valence-corrected chi connectivity index (χ1v) is 8.10. The van der Waals surface area contributed by atoms with Crippen molar-refractivity contribution in [3.63, 3.8) is 0 Å². The largest absolute Gasteiger partial charge is 0.383 e. The second-order valence-electron chi connectivity index (χ2n) is 4.81. The van der Waals surface area contributed by atoms with E-state index in [-0.39, 0.29) is 12.2 Å². The first kappa shape index (κ1) is 15.9. The molecule has 0 heterocycles. The Morgan fingerprint density at radius 3 is 2.42 bits per heavy atom. The molecule has 0 spiro atoms. The van der Waals surface area contributed by atoms with Gasteiger partial charge in [-0.3, -0.25) is 10.1 Å². The third kappa shape index (κ3) is 3.90. The van der Waals surface area contributed by atoms with Crippen LogP contribution in [0, 0.1) is 10.1 Å². The number of rotatable bonds is 5. The van der Waals surface area contributed by atoms with E-state index in [4.69, 9.17) is 0 Å². The lowest BCUT2D eigenvalue weighted by atomic mass is 10.2. The van der Waals surface area contributed by atoms with Gasteiger partial charge in [-0.1, -0.05) is 0 Å². The Bertz CT molecular complexity index is 599. The molecular formula is C11H15BrN2O4S. The van der Waals surface area contributed by atoms with Gasteiger partial charge in [-0.2, -0.15) is 0 Å². The molecule has 0 amide bonds. The van der Waals surface area contributed by atoms with Crippen LogP contribution in [0.25, 0.3) is 0 Å². The summed E-state index contributed by atoms with van der Waals surface area (Å²) in [6.45, 7) is 3.45. The lowest BCUT2D eigenvalue weighted by Crippen LogP contribution is -2.38. The third-order valence-electron chi connectivity index (χ3n) is 2.87. The molecule has 0 saturated heterocycles. The summed E-state index contributed by atoms with van der Waals surface area (Å²) < 4.78 is 22.7. The quantitative estimate of drug-likeness (QED) is 0.651. The Hall–Kier alpha value is -1.15. The van der Waals surface area contributed by atoms with Crippen molar-refractivity contribution in [1.29, 1.82) is 0 Å². The van der Waals surface area contributed by atoms with Gasteiger partial charge in [-0.05, 0) is 35.8 Å². The average molecular weight is 351 g/mol. The molecule has 0 radical (unpaired) electrons. The van der Waals surface area contributed by atoms with Gasteiger partial charge in [0.15, 0.2) is 9.84 Å². The Labute approximate surface area is 120 Å². The molecule has 0 saturated carbocycles. The van der Waals surface area contributed by atoms with E-state index in [0.717, 1.165) is 0 Å². The van der Waals surface area contributed by atoms with Gasteiger partial charge in [-0.25, -0.2) is 8.42 Å². The second kappa shape index (κ2) is 5.46. The van der Waals surface area contributed by atoms with Gasteiger partial charge >= 0.3 is 0 Å². The monoisotopic (exact) mass is 350 g/mol. The minimum atomic E-state index is -3.19. The molecule has 1 rings (SSSR count). The first-order chi connectivity index (χ1) is 8.54. The molecule has 0 unspecified atom stereocenters. The number of nitrogens with zero attached hydrogens (tertiary/aromatic N) is 1. The number of hydrogen-bond donors (Lipinski definition) is 1. The molecule has 6 nitrogen and oxygen atoms in total. The fourth-order valence-corrected chi connectivity index (χ4v) is 2.04. The summed E-state index contributed by atoms with van der Waals surface area (Å²) in [5, 5.41) is 13.6. The lowest BCUT2D eigenvalue weighted by Gasteiger charge is -2.23. The van der Waals surface area contributed by atoms with E-state index < -0.39 is 19.5 Å². The van der Waals surface area contributed by atoms with Crippen LogP contribution < -0.4 is 5.32 Å². The van der Waals surface area contributed by atoms with E-state index in [9.17, 15) is 18.5 Å². The van der Waals surface area contributed by atoms with Gasteiger partial charge in [0, 0.05) is 35.1 Å². The van der Waals surface area contributed by atoms with Crippen molar-refractivity contribution < 1.29 is 13.3 Å². The van der Waals surface area contributed by atoms with Crippen LogP contribution in [0.3, 0.4) is 0 Å². The van der Waals surface area contributed by atoms with Crippen LogP contribution in [0.15, 0.2) is 22.7 Å². The maximum Gasteiger partial charge on any atom is 0.270 e. The number of benzene rings is 1. The zero-order valence-electron chi connectivity index (χ0n) is 10.8. The van der Waals surface area contributed by atoms with E-state index in [2.05, 4.69) is 21.2 Å². The molecule has 8 heteroatoms. The highest BCUT2D eigenvalue weighted by molar-refractivity contribution is 9.10. The van der Waals surface area contributed by atoms with Gasteiger partial charge in [0.25, 0.3) is 5.69 Å². The Morgan fingerprint density at radius 2 is 2.00 bits per heavy atom. The smallest absolute Gasteiger partial charge is 0.270 e. The highest BCUT2D eigenvalue weighted by Crippen LogP contribution is 2.28. The number of nitro groups is 1. The molecule has 0 bridgehead atoms. The van der Waals surface area contributed by atoms with Gasteiger partial charge in [0.1, 0.15) is 0 Å². The summed E-state index contributed by atoms with van der Waals surface area (Å²) in [6.07, 6.45) is 1.18. The van der Waals surface area contributed by atoms with Crippen LogP contribution >= 0.6 is 15.9 Å². The van der Waals surface area contributed by atoms with Gasteiger partial charge in [-0.15, -0.1) is 0 Å². The third-order valence-corrected chi connectivity index (χ3v) is 5.68. The van der Waals surface area contributed by atoms with Crippen LogP contribution in [0.4, 0.5) is 11.4 Å². The molecule has 0 aliphatic heterocycles. The topological polar surface area (TPSA) is 89.3 Å². The van der Waals surface area contributed by atoms with Gasteiger partial charge < -0.3 is 5.32 Å². The minimum Gasteiger partial charge on any atom is -0.383 e. The Kier molecular flexibility index (Phi) is 4.57. The fourth-order valence-electron chi connectivity index (χ4n) is 1.20. The number of hydrogen-bond acceptors (Lipinski definition) is 5. The summed E-state index contributed by atoms with van der Waals surface area (Å²) in [6, 6.07) is 4.27. The number of nitro benzene ring substituents is 1. The summed E-state index contributed by atoms with van der Waals surface area (Å²) in [7, 11) is -3.19. The highest BCUT2D eigenvalue weighted by atomic mass is 79.9. The standard InChI is InChI=1S/C11H15BrN2O4S/c1-11(2,19(3,17)18)7-13-10-5-4-8(14(15)16)6-9(10)12/h4-6,13H,7H2,1-3H3. The predicted octanol–water partition coefficient (Wildman–Crippen LogP) is 2.59. The van der Waals surface area contributed by atoms with Crippen molar-refractivity contribution in [2.24, 2.45) is 0 Å². The molecule has 0 aromatic heterocycles. The SMILES string of the molecule is CC(C)(CNc1ccc([N+](=O)[O-])cc1Br)S(C)(=O)=O. The van der Waals surface area contributed by atoms with Gasteiger partial charge in [0.05, 0.1) is 9.67 Å². The van der Waals surface area contributed by atoms with Crippen LogP contribution in [0.1, 0.15) is 13.8 Å². The maximum absolute atomic E-state index is 11.6. The van der Waals surface area contributed by atoms with Crippen molar-refractivity contribution in [2.75, 3.05) is 18.1 Å². The van der Waals surface area contributed by atoms with Crippen LogP contribution in [0.2, 0.25) is 0 Å². The second-order valence-corrected chi connectivity index (χ2v) is 8.31. The average Bonchev–Trinajstić information content (AvgIpc) is 2.25. The summed E-state index contributed by atoms with van der Waals surface area (Å²) in [5.41, 5.74) is 0.585. The number of non-ortho nitro benzene ring substituents is 1. The molecule has 1 aromatic carbocycles. The van der Waals surface area contributed by atoms with E-state index >= 15 is 0 Å². The molecule has 0 aliphatic rings. The van der Waals surface area contributed by atoms with E-state index in [1.807, 2.05) is 0 Å². The fraction of sp³-hybridized carbons (Fsp3) is 0.455. The van der Waals surface area contributed by atoms with Crippen LogP contribution in [0.5, 0.6) is 0 Å². The number of nitrogens with one attached hydrogen (secondary N) is 1. The van der Waals surface area contributed by atoms with Crippen LogP contribution in [-0.4, -0.2) is 30.9 Å². The van der Waals surface area contributed by atoms with Crippen molar-refractivity contribution in [1.82, 2.24) is 0 Å². The zero-order valence-corrected chi connectivity index (χ0v) is 13.2. The summed E-state index contributed by atoms with van der Waals surface area (Å²) in [5.74, 6) is 0. The minimum absolute atomic E-state index is 0.0280. The van der Waals surface area contributed by atoms with E-state index in [0.29, 0.717) is 10.2 Å². The lowest BCUT2D eigenvalue weighted by molar-refractivity contribution is -0.384. The molecule has 0 fully saturated rings. The summed E-state index contributed by atoms with van der Waals surface area (Å²) in [4.78, 5) is 10.1. The predicted molar refractivity (Wildman–Crippen MR) is 78.2 cm³/mol. The van der Waals surface area contributed by atoms with Crippen molar-refractivity contribution in [3.05, 3.63) is 32.8 Å². The molecule has 106 valence electrons. The molecule has 19 heavy (non-hydrogen) atoms. The molecule has 0 aliphatic carbocycles. The van der Waals surface area contributed by atoms with Crippen molar-refractivity contribution in [3.8, 4) is 0 Å². The highest BCUT2D eigenvalue weighted by Gasteiger charge is 2.30. The zero-order chi connectivity index (χ0) is 14.8. The Balaban J connectivity index is 2.88. The first-order valence-electron chi connectivity index (χ1n) is 5.42. The van der Waals surface area contributed by atoms with Crippen molar-refractivity contribution in [2.45, 2.75) is 18.6 Å². The van der Waals surface area contributed by atoms with Crippen LogP contribution in [-0.2, 0) is 9.84 Å². The number of anilines is 1. The van der Waals surface area contributed by atoms with Crippen molar-refractivity contribution >= 4 is 37.1 Å². The number of halogens is 1. The van der Waals surface area contributed by atoms with E-state index in [1.54, 1.807) is 19.9 Å². The molecular weight excluding hydrogens is 336 g/mol. The molecule has 1 aromatic rings. The maximum atomic E-state index is 11.6. The molecule has 0 atom stereocenters. The summed E-state index contributed by atoms with van der Waals surface area (Å²) >= 11 is 3.22.